The molecule has 0 bridgehead atoms. The summed E-state index contributed by atoms with van der Waals surface area (Å²) in [6, 6.07) is 0. The van der Waals surface area contributed by atoms with Crippen LogP contribution in [0.3, 0.4) is 0 Å². The van der Waals surface area contributed by atoms with Crippen LogP contribution in [-0.4, -0.2) is 148 Å². The van der Waals surface area contributed by atoms with Crippen molar-refractivity contribution >= 4 is 0 Å². The zero-order valence-electron chi connectivity index (χ0n) is 16.7. The first-order chi connectivity index (χ1) is 14.7. The second-order valence-corrected chi connectivity index (χ2v) is 7.65. The normalized spacial score (nSPS) is 51.6. The van der Waals surface area contributed by atoms with E-state index < -0.39 is 86.5 Å². The maximum absolute atomic E-state index is 10.4. The Hall–Kier alpha value is -0.560. The molecule has 31 heavy (non-hydrogen) atoms. The lowest BCUT2D eigenvalue weighted by atomic mass is 9.98. The van der Waals surface area contributed by atoms with Gasteiger partial charge in [-0.1, -0.05) is 0 Å². The van der Waals surface area contributed by atoms with Crippen LogP contribution in [0.15, 0.2) is 0 Å². The molecule has 14 nitrogen and oxygen atoms in total. The van der Waals surface area contributed by atoms with Crippen molar-refractivity contribution < 1.29 is 69.3 Å². The van der Waals surface area contributed by atoms with Crippen LogP contribution in [-0.2, 0) is 28.4 Å². The molecule has 0 amide bonds. The van der Waals surface area contributed by atoms with Crippen molar-refractivity contribution in [3.8, 4) is 0 Å². The van der Waals surface area contributed by atoms with Gasteiger partial charge in [0.05, 0.1) is 19.8 Å². The third-order valence-electron chi connectivity index (χ3n) is 5.58. The molecular formula is C17H30O14. The highest BCUT2D eigenvalue weighted by atomic mass is 16.8. The third-order valence-corrected chi connectivity index (χ3v) is 5.58. The smallest absolute Gasteiger partial charge is 0.187 e. The lowest BCUT2D eigenvalue weighted by Crippen LogP contribution is -2.64. The second-order valence-electron chi connectivity index (χ2n) is 7.65. The standard InChI is InChI=1S/C17H30O14/c1-26-13-6(2-18)29-16(12(24)10(13)22)31-14-8(20)5(19)3-28-17(14)30-7-4-27-15(25)11(23)9(7)21/h5-25H,2-4H2,1H3/t5-,6-,7-,8+,9+,10-,11-,12-,13-,14-,15?,16-,17+/m1/s1. The van der Waals surface area contributed by atoms with E-state index in [1.165, 1.54) is 7.11 Å². The summed E-state index contributed by atoms with van der Waals surface area (Å²) in [5.74, 6) is 0. The molecule has 0 spiro atoms. The number of methoxy groups -OCH3 is 1. The highest BCUT2D eigenvalue weighted by Crippen LogP contribution is 2.30. The van der Waals surface area contributed by atoms with Crippen LogP contribution in [0.4, 0.5) is 0 Å². The van der Waals surface area contributed by atoms with Crippen LogP contribution in [0.25, 0.3) is 0 Å². The van der Waals surface area contributed by atoms with Crippen LogP contribution in [0.5, 0.6) is 0 Å². The summed E-state index contributed by atoms with van der Waals surface area (Å²) < 4.78 is 31.8. The molecule has 14 heteroatoms. The van der Waals surface area contributed by atoms with Crippen molar-refractivity contribution in [3.05, 3.63) is 0 Å². The van der Waals surface area contributed by atoms with Gasteiger partial charge in [-0.3, -0.25) is 0 Å². The zero-order chi connectivity index (χ0) is 22.9. The molecule has 8 N–H and O–H groups in total. The maximum Gasteiger partial charge on any atom is 0.187 e. The molecule has 0 aromatic carbocycles. The molecule has 3 aliphatic heterocycles. The van der Waals surface area contributed by atoms with E-state index in [9.17, 15) is 40.9 Å². The van der Waals surface area contributed by atoms with Gasteiger partial charge in [-0.15, -0.1) is 0 Å². The van der Waals surface area contributed by atoms with Gasteiger partial charge in [0, 0.05) is 7.11 Å². The minimum atomic E-state index is -1.66. The van der Waals surface area contributed by atoms with Gasteiger partial charge < -0.3 is 69.3 Å². The van der Waals surface area contributed by atoms with E-state index in [1.54, 1.807) is 0 Å². The Morgan fingerprint density at radius 2 is 1.45 bits per heavy atom. The molecule has 3 aliphatic rings. The Balaban J connectivity index is 1.73. The highest BCUT2D eigenvalue weighted by molar-refractivity contribution is 4.93. The molecule has 0 aromatic rings. The first-order valence-electron chi connectivity index (χ1n) is 9.79. The fourth-order valence-electron chi connectivity index (χ4n) is 3.71. The number of hydrogen-bond donors (Lipinski definition) is 8. The Morgan fingerprint density at radius 3 is 2.10 bits per heavy atom. The number of hydrogen-bond acceptors (Lipinski definition) is 14. The minimum absolute atomic E-state index is 0.325. The molecule has 0 saturated carbocycles. The molecule has 0 radical (unpaired) electrons. The van der Waals surface area contributed by atoms with E-state index >= 15 is 0 Å². The summed E-state index contributed by atoms with van der Waals surface area (Å²) in [5.41, 5.74) is 0. The molecular weight excluding hydrogens is 428 g/mol. The van der Waals surface area contributed by atoms with E-state index in [1.807, 2.05) is 0 Å². The van der Waals surface area contributed by atoms with Gasteiger partial charge in [0.25, 0.3) is 0 Å². The fourth-order valence-corrected chi connectivity index (χ4v) is 3.71. The highest BCUT2D eigenvalue weighted by Gasteiger charge is 2.50. The van der Waals surface area contributed by atoms with Crippen molar-refractivity contribution in [3.63, 3.8) is 0 Å². The Labute approximate surface area is 177 Å². The SMILES string of the molecule is CO[C@H]1[C@H](O)[C@@H](O)[C@@H](O[C@H]2[C@H](O[C@@H]3COC(O)[C@H](O)[C@H]3O)OC[C@@H](O)[C@@H]2O)O[C@@H]1CO. The lowest BCUT2D eigenvalue weighted by Gasteiger charge is -2.46. The van der Waals surface area contributed by atoms with E-state index in [-0.39, 0.29) is 13.2 Å². The summed E-state index contributed by atoms with van der Waals surface area (Å²) in [4.78, 5) is 0. The van der Waals surface area contributed by atoms with Crippen molar-refractivity contribution in [1.82, 2.24) is 0 Å². The van der Waals surface area contributed by atoms with Crippen molar-refractivity contribution in [1.29, 1.82) is 0 Å². The van der Waals surface area contributed by atoms with Crippen molar-refractivity contribution in [2.45, 2.75) is 79.9 Å². The van der Waals surface area contributed by atoms with Gasteiger partial charge in [-0.2, -0.15) is 0 Å². The van der Waals surface area contributed by atoms with Gasteiger partial charge in [0.15, 0.2) is 18.9 Å². The predicted molar refractivity (Wildman–Crippen MR) is 94.0 cm³/mol. The fraction of sp³-hybridized carbons (Fsp3) is 1.00. The lowest BCUT2D eigenvalue weighted by molar-refractivity contribution is -0.371. The molecule has 0 aliphatic carbocycles. The van der Waals surface area contributed by atoms with Crippen molar-refractivity contribution in [2.75, 3.05) is 26.9 Å². The number of aliphatic hydroxyl groups is 8. The quantitative estimate of drug-likeness (QED) is 0.186. The molecule has 3 fully saturated rings. The molecule has 0 aromatic heterocycles. The predicted octanol–water partition coefficient (Wildman–Crippen LogP) is -5.64. The van der Waals surface area contributed by atoms with Crippen LogP contribution >= 0.6 is 0 Å². The summed E-state index contributed by atoms with van der Waals surface area (Å²) in [6.07, 6.45) is -18.8. The number of ether oxygens (including phenoxy) is 6. The monoisotopic (exact) mass is 458 g/mol. The topological polar surface area (TPSA) is 217 Å². The largest absolute Gasteiger partial charge is 0.394 e. The third kappa shape index (κ3) is 5.18. The molecule has 13 atom stereocenters. The molecule has 3 rings (SSSR count). The summed E-state index contributed by atoms with van der Waals surface area (Å²) in [5, 5.41) is 79.7. The average Bonchev–Trinajstić information content (AvgIpc) is 2.76. The van der Waals surface area contributed by atoms with E-state index in [0.29, 0.717) is 0 Å². The van der Waals surface area contributed by atoms with Gasteiger partial charge in [0.1, 0.15) is 61.0 Å². The number of aliphatic hydroxyl groups excluding tert-OH is 8. The summed E-state index contributed by atoms with van der Waals surface area (Å²) in [7, 11) is 1.26. The molecule has 3 heterocycles. The average molecular weight is 458 g/mol. The summed E-state index contributed by atoms with van der Waals surface area (Å²) in [6.45, 7) is -1.25. The van der Waals surface area contributed by atoms with Gasteiger partial charge in [0.2, 0.25) is 0 Å². The number of rotatable bonds is 6. The van der Waals surface area contributed by atoms with Gasteiger partial charge in [-0.25, -0.2) is 0 Å². The molecule has 182 valence electrons. The molecule has 3 saturated heterocycles. The van der Waals surface area contributed by atoms with Gasteiger partial charge in [-0.05, 0) is 0 Å². The summed E-state index contributed by atoms with van der Waals surface area (Å²) >= 11 is 0. The van der Waals surface area contributed by atoms with Crippen LogP contribution in [0, 0.1) is 0 Å². The van der Waals surface area contributed by atoms with Crippen LogP contribution in [0.2, 0.25) is 0 Å². The zero-order valence-corrected chi connectivity index (χ0v) is 16.7. The second kappa shape index (κ2) is 10.6. The van der Waals surface area contributed by atoms with E-state index in [2.05, 4.69) is 0 Å². The first-order valence-corrected chi connectivity index (χ1v) is 9.79. The van der Waals surface area contributed by atoms with Crippen molar-refractivity contribution in [2.24, 2.45) is 0 Å². The molecule has 1 unspecified atom stereocenters. The van der Waals surface area contributed by atoms with E-state index in [4.69, 9.17) is 28.4 Å². The maximum atomic E-state index is 10.4. The Morgan fingerprint density at radius 1 is 0.742 bits per heavy atom. The Bertz CT molecular complexity index is 565. The van der Waals surface area contributed by atoms with E-state index in [0.717, 1.165) is 0 Å². The first kappa shape index (κ1) is 25.1. The minimum Gasteiger partial charge on any atom is -0.394 e. The van der Waals surface area contributed by atoms with Gasteiger partial charge >= 0.3 is 0 Å². The Kier molecular flexibility index (Phi) is 8.56. The van der Waals surface area contributed by atoms with Crippen LogP contribution in [0.1, 0.15) is 0 Å². The van der Waals surface area contributed by atoms with Crippen LogP contribution < -0.4 is 0 Å².